The van der Waals surface area contributed by atoms with E-state index in [-0.39, 0.29) is 12.2 Å². The highest BCUT2D eigenvalue weighted by molar-refractivity contribution is 5.82. The lowest BCUT2D eigenvalue weighted by atomic mass is 9.98. The van der Waals surface area contributed by atoms with E-state index in [9.17, 15) is 9.59 Å². The van der Waals surface area contributed by atoms with Crippen molar-refractivity contribution in [2.75, 3.05) is 13.7 Å². The molecular formula is C19H33NO5. The molecule has 1 aliphatic heterocycles. The van der Waals surface area contributed by atoms with Crippen LogP contribution >= 0.6 is 0 Å². The van der Waals surface area contributed by atoms with Gasteiger partial charge in [0.05, 0.1) is 25.9 Å². The third-order valence-electron chi connectivity index (χ3n) is 4.80. The Morgan fingerprint density at radius 2 is 1.56 bits per heavy atom. The number of likely N-dealkylation sites (tertiary alicyclic amines) is 1. The Bertz CT molecular complexity index is 451. The predicted molar refractivity (Wildman–Crippen MR) is 94.3 cm³/mol. The molecule has 1 saturated carbocycles. The second-order valence-corrected chi connectivity index (χ2v) is 8.13. The first-order chi connectivity index (χ1) is 11.8. The number of esters is 1. The van der Waals surface area contributed by atoms with Gasteiger partial charge in [-0.2, -0.15) is 0 Å². The maximum absolute atomic E-state index is 12.5. The quantitative estimate of drug-likeness (QED) is 0.723. The van der Waals surface area contributed by atoms with Gasteiger partial charge in [-0.25, -0.2) is 9.59 Å². The Balaban J connectivity index is 1.99. The van der Waals surface area contributed by atoms with E-state index in [1.807, 2.05) is 20.8 Å². The second kappa shape index (κ2) is 8.88. The molecule has 2 aliphatic rings. The van der Waals surface area contributed by atoms with Crippen LogP contribution in [0.4, 0.5) is 4.79 Å². The van der Waals surface area contributed by atoms with Crippen molar-refractivity contribution in [2.45, 2.75) is 96.0 Å². The van der Waals surface area contributed by atoms with Gasteiger partial charge in [-0.15, -0.1) is 0 Å². The molecule has 1 saturated heterocycles. The third kappa shape index (κ3) is 6.17. The molecule has 0 N–H and O–H groups in total. The van der Waals surface area contributed by atoms with Crippen LogP contribution in [0.15, 0.2) is 0 Å². The fourth-order valence-electron chi connectivity index (χ4n) is 3.60. The molecule has 1 heterocycles. The lowest BCUT2D eigenvalue weighted by Crippen LogP contribution is -2.44. The van der Waals surface area contributed by atoms with Crippen molar-refractivity contribution < 1.29 is 23.8 Å². The van der Waals surface area contributed by atoms with Gasteiger partial charge in [0.25, 0.3) is 0 Å². The number of carbonyl (C=O) groups excluding carboxylic acids is 2. The van der Waals surface area contributed by atoms with Crippen molar-refractivity contribution in [1.29, 1.82) is 0 Å². The van der Waals surface area contributed by atoms with Crippen LogP contribution in [0.2, 0.25) is 0 Å². The Morgan fingerprint density at radius 3 is 2.12 bits per heavy atom. The molecule has 1 aliphatic carbocycles. The Hall–Kier alpha value is -1.30. The number of carbonyl (C=O) groups is 2. The molecule has 2 atom stereocenters. The molecule has 2 rings (SSSR count). The molecule has 0 aromatic heterocycles. The van der Waals surface area contributed by atoms with Crippen LogP contribution < -0.4 is 0 Å². The number of rotatable bonds is 3. The van der Waals surface area contributed by atoms with E-state index in [0.717, 1.165) is 12.8 Å². The molecule has 144 valence electrons. The molecule has 0 bridgehead atoms. The van der Waals surface area contributed by atoms with Crippen LogP contribution in [0.1, 0.15) is 72.1 Å². The number of methoxy groups -OCH3 is 1. The molecule has 0 aromatic rings. The molecule has 6 nitrogen and oxygen atoms in total. The highest BCUT2D eigenvalue weighted by atomic mass is 16.6. The van der Waals surface area contributed by atoms with Gasteiger partial charge in [0.2, 0.25) is 0 Å². The summed E-state index contributed by atoms with van der Waals surface area (Å²) >= 11 is 0. The van der Waals surface area contributed by atoms with Gasteiger partial charge in [-0.1, -0.05) is 32.1 Å². The summed E-state index contributed by atoms with van der Waals surface area (Å²) in [5.41, 5.74) is -0.601. The van der Waals surface area contributed by atoms with Gasteiger partial charge >= 0.3 is 12.1 Å². The summed E-state index contributed by atoms with van der Waals surface area (Å²) in [5, 5.41) is 0. The third-order valence-corrected chi connectivity index (χ3v) is 4.80. The van der Waals surface area contributed by atoms with Crippen molar-refractivity contribution in [3.8, 4) is 0 Å². The van der Waals surface area contributed by atoms with E-state index in [1.54, 1.807) is 0 Å². The smallest absolute Gasteiger partial charge is 0.411 e. The van der Waals surface area contributed by atoms with Gasteiger partial charge in [0.1, 0.15) is 11.6 Å². The monoisotopic (exact) mass is 355 g/mol. The molecule has 0 aromatic carbocycles. The van der Waals surface area contributed by atoms with Crippen molar-refractivity contribution in [1.82, 2.24) is 4.90 Å². The van der Waals surface area contributed by atoms with Crippen molar-refractivity contribution >= 4 is 12.1 Å². The van der Waals surface area contributed by atoms with E-state index in [2.05, 4.69) is 0 Å². The number of hydrogen-bond donors (Lipinski definition) is 0. The molecule has 0 radical (unpaired) electrons. The first-order valence-electron chi connectivity index (χ1n) is 9.53. The van der Waals surface area contributed by atoms with Gasteiger partial charge in [0, 0.05) is 6.42 Å². The van der Waals surface area contributed by atoms with Crippen LogP contribution in [0, 0.1) is 0 Å². The summed E-state index contributed by atoms with van der Waals surface area (Å²) in [5.74, 6) is -0.408. The minimum Gasteiger partial charge on any atom is -0.467 e. The molecule has 2 fully saturated rings. The average molecular weight is 355 g/mol. The zero-order valence-electron chi connectivity index (χ0n) is 16.1. The van der Waals surface area contributed by atoms with Gasteiger partial charge in [0.15, 0.2) is 0 Å². The maximum Gasteiger partial charge on any atom is 0.411 e. The van der Waals surface area contributed by atoms with E-state index >= 15 is 0 Å². The van der Waals surface area contributed by atoms with Crippen LogP contribution in [-0.2, 0) is 19.0 Å². The first-order valence-corrected chi connectivity index (χ1v) is 9.53. The van der Waals surface area contributed by atoms with Crippen LogP contribution in [0.25, 0.3) is 0 Å². The topological polar surface area (TPSA) is 65.1 Å². The van der Waals surface area contributed by atoms with Crippen LogP contribution in [0.5, 0.6) is 0 Å². The number of nitrogens with zero attached hydrogens (tertiary/aromatic N) is 1. The van der Waals surface area contributed by atoms with Crippen molar-refractivity contribution in [3.63, 3.8) is 0 Å². The summed E-state index contributed by atoms with van der Waals surface area (Å²) in [6.07, 6.45) is 8.42. The van der Waals surface area contributed by atoms with E-state index in [4.69, 9.17) is 14.2 Å². The zero-order chi connectivity index (χ0) is 18.4. The Morgan fingerprint density at radius 1 is 0.960 bits per heavy atom. The molecule has 6 heteroatoms. The van der Waals surface area contributed by atoms with Gasteiger partial charge < -0.3 is 14.2 Å². The summed E-state index contributed by atoms with van der Waals surface area (Å²) in [6.45, 7) is 5.83. The highest BCUT2D eigenvalue weighted by Gasteiger charge is 2.43. The van der Waals surface area contributed by atoms with Gasteiger partial charge in [-0.3, -0.25) is 4.90 Å². The number of ether oxygens (including phenoxy) is 3. The minimum absolute atomic E-state index is 0.138. The van der Waals surface area contributed by atoms with Crippen LogP contribution in [0.3, 0.4) is 0 Å². The highest BCUT2D eigenvalue weighted by Crippen LogP contribution is 2.28. The lowest BCUT2D eigenvalue weighted by Gasteiger charge is -2.27. The van der Waals surface area contributed by atoms with E-state index in [0.29, 0.717) is 13.0 Å². The fraction of sp³-hybridized carbons (Fsp3) is 0.895. The molecule has 25 heavy (non-hydrogen) atoms. The predicted octanol–water partition coefficient (Wildman–Crippen LogP) is 3.67. The van der Waals surface area contributed by atoms with E-state index < -0.39 is 23.7 Å². The molecule has 0 spiro atoms. The minimum atomic E-state index is -0.626. The summed E-state index contributed by atoms with van der Waals surface area (Å²) in [4.78, 5) is 26.0. The standard InChI is InChI=1S/C19H33NO5/c1-19(2,3)25-18(22)20-13-15(12-16(20)17(21)23-4)24-14-10-8-6-5-7-9-11-14/h14-16H,5-13H2,1-4H3/t15-,16+/m1/s1. The first kappa shape index (κ1) is 20.0. The largest absolute Gasteiger partial charge is 0.467 e. The molecular weight excluding hydrogens is 322 g/mol. The summed E-state index contributed by atoms with van der Waals surface area (Å²) in [7, 11) is 1.35. The lowest BCUT2D eigenvalue weighted by molar-refractivity contribution is -0.145. The molecule has 1 amide bonds. The molecule has 0 unspecified atom stereocenters. The number of hydrogen-bond acceptors (Lipinski definition) is 5. The SMILES string of the molecule is COC(=O)[C@@H]1C[C@@H](OC2CCCCCCC2)CN1C(=O)OC(C)(C)C. The van der Waals surface area contributed by atoms with E-state index in [1.165, 1.54) is 44.1 Å². The maximum atomic E-state index is 12.5. The van der Waals surface area contributed by atoms with Crippen molar-refractivity contribution in [3.05, 3.63) is 0 Å². The second-order valence-electron chi connectivity index (χ2n) is 8.13. The number of amides is 1. The van der Waals surface area contributed by atoms with Gasteiger partial charge in [-0.05, 0) is 33.6 Å². The van der Waals surface area contributed by atoms with Crippen LogP contribution in [-0.4, -0.2) is 54.5 Å². The summed E-state index contributed by atoms with van der Waals surface area (Å²) in [6, 6.07) is -0.626. The zero-order valence-corrected chi connectivity index (χ0v) is 16.1. The Labute approximate surface area is 151 Å². The normalized spacial score (nSPS) is 26.0. The average Bonchev–Trinajstić information content (AvgIpc) is 2.91. The Kier molecular flexibility index (Phi) is 7.11. The summed E-state index contributed by atoms with van der Waals surface area (Å²) < 4.78 is 16.6. The fourth-order valence-corrected chi connectivity index (χ4v) is 3.60. The van der Waals surface area contributed by atoms with Crippen molar-refractivity contribution in [2.24, 2.45) is 0 Å².